The molecule has 0 radical (unpaired) electrons. The van der Waals surface area contributed by atoms with Gasteiger partial charge in [-0.25, -0.2) is 4.68 Å². The van der Waals surface area contributed by atoms with E-state index in [2.05, 4.69) is 5.10 Å². The number of aromatic nitrogens is 2. The van der Waals surface area contributed by atoms with Gasteiger partial charge in [-0.05, 0) is 13.3 Å². The van der Waals surface area contributed by atoms with Crippen molar-refractivity contribution in [3.05, 3.63) is 15.8 Å². The van der Waals surface area contributed by atoms with Crippen molar-refractivity contribution in [1.82, 2.24) is 9.78 Å². The van der Waals surface area contributed by atoms with Gasteiger partial charge in [-0.1, -0.05) is 6.92 Å². The second-order valence-corrected chi connectivity index (χ2v) is 4.44. The van der Waals surface area contributed by atoms with E-state index in [1.54, 1.807) is 23.6 Å². The van der Waals surface area contributed by atoms with Crippen molar-refractivity contribution in [3.63, 3.8) is 0 Å². The Labute approximate surface area is 118 Å². The van der Waals surface area contributed by atoms with Gasteiger partial charge in [0.15, 0.2) is 0 Å². The van der Waals surface area contributed by atoms with E-state index in [9.17, 15) is 15.2 Å². The van der Waals surface area contributed by atoms with Gasteiger partial charge in [-0.15, -0.1) is 0 Å². The highest BCUT2D eigenvalue weighted by Gasteiger charge is 2.29. The Bertz CT molecular complexity index is 447. The third kappa shape index (κ3) is 3.67. The van der Waals surface area contributed by atoms with Gasteiger partial charge in [-0.3, -0.25) is 10.1 Å². The molecule has 1 aromatic rings. The molecule has 20 heavy (non-hydrogen) atoms. The Balaban J connectivity index is 3.23. The zero-order valence-electron chi connectivity index (χ0n) is 12.2. The molecule has 114 valence electrons. The predicted octanol–water partition coefficient (Wildman–Crippen LogP) is 0.955. The zero-order valence-corrected chi connectivity index (χ0v) is 12.2. The lowest BCUT2D eigenvalue weighted by Gasteiger charge is -2.23. The van der Waals surface area contributed by atoms with E-state index in [1.807, 2.05) is 6.92 Å². The van der Waals surface area contributed by atoms with E-state index in [4.69, 9.17) is 4.74 Å². The van der Waals surface area contributed by atoms with Crippen LogP contribution in [-0.2, 0) is 11.3 Å². The number of ether oxygens (including phenoxy) is 1. The van der Waals surface area contributed by atoms with Crippen LogP contribution < -0.4 is 4.90 Å². The summed E-state index contributed by atoms with van der Waals surface area (Å²) in [4.78, 5) is 12.6. The molecule has 0 aliphatic heterocycles. The van der Waals surface area contributed by atoms with Crippen LogP contribution in [0.1, 0.15) is 19.0 Å². The minimum absolute atomic E-state index is 0.00278. The van der Waals surface area contributed by atoms with Crippen molar-refractivity contribution in [2.75, 3.05) is 38.3 Å². The lowest BCUT2D eigenvalue weighted by Crippen LogP contribution is -2.32. The highest BCUT2D eigenvalue weighted by atomic mass is 16.6. The van der Waals surface area contributed by atoms with Gasteiger partial charge in [0.25, 0.3) is 0 Å². The fourth-order valence-electron chi connectivity index (χ4n) is 2.10. The quantitative estimate of drug-likeness (QED) is 0.536. The van der Waals surface area contributed by atoms with Crippen LogP contribution in [0.2, 0.25) is 0 Å². The van der Waals surface area contributed by atoms with Crippen LogP contribution in [0.15, 0.2) is 0 Å². The molecule has 0 atom stereocenters. The largest absolute Gasteiger partial charge is 0.395 e. The molecule has 1 heterocycles. The van der Waals surface area contributed by atoms with Gasteiger partial charge in [0.1, 0.15) is 5.69 Å². The Hall–Kier alpha value is -1.67. The molecule has 8 heteroatoms. The molecule has 1 rings (SSSR count). The summed E-state index contributed by atoms with van der Waals surface area (Å²) in [5.74, 6) is 0.445. The van der Waals surface area contributed by atoms with Crippen LogP contribution >= 0.6 is 0 Å². The van der Waals surface area contributed by atoms with Gasteiger partial charge < -0.3 is 14.7 Å². The van der Waals surface area contributed by atoms with Gasteiger partial charge in [0, 0.05) is 26.7 Å². The molecule has 0 unspecified atom stereocenters. The fourth-order valence-corrected chi connectivity index (χ4v) is 2.10. The molecule has 0 aliphatic carbocycles. The number of anilines is 1. The van der Waals surface area contributed by atoms with Crippen molar-refractivity contribution >= 4 is 11.5 Å². The second kappa shape index (κ2) is 7.81. The van der Waals surface area contributed by atoms with E-state index in [0.717, 1.165) is 6.42 Å². The van der Waals surface area contributed by atoms with E-state index in [0.29, 0.717) is 37.8 Å². The van der Waals surface area contributed by atoms with Crippen LogP contribution in [0.4, 0.5) is 11.5 Å². The molecule has 0 bridgehead atoms. The summed E-state index contributed by atoms with van der Waals surface area (Å²) < 4.78 is 6.66. The maximum absolute atomic E-state index is 11.3. The first kappa shape index (κ1) is 16.4. The maximum atomic E-state index is 11.3. The summed E-state index contributed by atoms with van der Waals surface area (Å²) in [6, 6.07) is 0. The van der Waals surface area contributed by atoms with E-state index in [1.165, 1.54) is 0 Å². The smallest absolute Gasteiger partial charge is 0.333 e. The standard InChI is InChI=1S/C12H22N4O4/c1-4-5-15-12(11(16(18)19)10(2)13-15)14(6-8-17)7-9-20-3/h17H,4-9H2,1-3H3. The van der Waals surface area contributed by atoms with Crippen molar-refractivity contribution < 1.29 is 14.8 Å². The second-order valence-electron chi connectivity index (χ2n) is 4.44. The number of hydrogen-bond donors (Lipinski definition) is 1. The van der Waals surface area contributed by atoms with E-state index < -0.39 is 4.92 Å². The number of rotatable bonds is 9. The first-order chi connectivity index (χ1) is 9.56. The monoisotopic (exact) mass is 286 g/mol. The Morgan fingerprint density at radius 1 is 1.50 bits per heavy atom. The van der Waals surface area contributed by atoms with Crippen LogP contribution in [0.5, 0.6) is 0 Å². The topological polar surface area (TPSA) is 93.7 Å². The summed E-state index contributed by atoms with van der Waals surface area (Å²) in [5.41, 5.74) is 0.391. The van der Waals surface area contributed by atoms with Crippen molar-refractivity contribution in [2.24, 2.45) is 0 Å². The average Bonchev–Trinajstić information content (AvgIpc) is 2.71. The Morgan fingerprint density at radius 3 is 2.70 bits per heavy atom. The molecule has 1 aromatic heterocycles. The lowest BCUT2D eigenvalue weighted by molar-refractivity contribution is -0.384. The molecular weight excluding hydrogens is 264 g/mol. The fraction of sp³-hybridized carbons (Fsp3) is 0.750. The summed E-state index contributed by atoms with van der Waals surface area (Å²) in [6.07, 6.45) is 0.822. The number of aliphatic hydroxyl groups excluding tert-OH is 1. The summed E-state index contributed by atoms with van der Waals surface area (Å²) in [5, 5.41) is 24.7. The highest BCUT2D eigenvalue weighted by molar-refractivity contribution is 5.61. The predicted molar refractivity (Wildman–Crippen MR) is 75.1 cm³/mol. The SMILES string of the molecule is CCCn1nc(C)c([N+](=O)[O-])c1N(CCO)CCOC. The number of aryl methyl sites for hydroxylation is 2. The lowest BCUT2D eigenvalue weighted by atomic mass is 10.3. The van der Waals surface area contributed by atoms with Crippen molar-refractivity contribution in [2.45, 2.75) is 26.8 Å². The van der Waals surface area contributed by atoms with Crippen LogP contribution in [-0.4, -0.2) is 53.2 Å². The molecule has 0 amide bonds. The summed E-state index contributed by atoms with van der Waals surface area (Å²) >= 11 is 0. The molecule has 8 nitrogen and oxygen atoms in total. The first-order valence-electron chi connectivity index (χ1n) is 6.63. The molecule has 0 fully saturated rings. The molecule has 0 aliphatic rings. The summed E-state index contributed by atoms with van der Waals surface area (Å²) in [7, 11) is 1.57. The van der Waals surface area contributed by atoms with Gasteiger partial charge in [0.2, 0.25) is 5.82 Å². The van der Waals surface area contributed by atoms with Crippen molar-refractivity contribution in [3.8, 4) is 0 Å². The average molecular weight is 286 g/mol. The molecule has 0 spiro atoms. The molecule has 1 N–H and O–H groups in total. The van der Waals surface area contributed by atoms with Gasteiger partial charge in [-0.2, -0.15) is 5.10 Å². The van der Waals surface area contributed by atoms with E-state index >= 15 is 0 Å². The number of aliphatic hydroxyl groups is 1. The minimum Gasteiger partial charge on any atom is -0.395 e. The number of nitro groups is 1. The van der Waals surface area contributed by atoms with Crippen LogP contribution in [0.25, 0.3) is 0 Å². The number of nitrogens with zero attached hydrogens (tertiary/aromatic N) is 4. The summed E-state index contributed by atoms with van der Waals surface area (Å²) in [6.45, 7) is 5.31. The highest BCUT2D eigenvalue weighted by Crippen LogP contribution is 2.31. The molecule has 0 saturated carbocycles. The Kier molecular flexibility index (Phi) is 6.40. The normalized spacial score (nSPS) is 10.8. The first-order valence-corrected chi connectivity index (χ1v) is 6.63. The van der Waals surface area contributed by atoms with Gasteiger partial charge >= 0.3 is 5.69 Å². The molecular formula is C12H22N4O4. The zero-order chi connectivity index (χ0) is 15.1. The molecule has 0 saturated heterocycles. The minimum atomic E-state index is -0.416. The number of methoxy groups -OCH3 is 1. The third-order valence-corrected chi connectivity index (χ3v) is 2.92. The van der Waals surface area contributed by atoms with Crippen LogP contribution in [0.3, 0.4) is 0 Å². The number of hydrogen-bond acceptors (Lipinski definition) is 6. The van der Waals surface area contributed by atoms with Crippen molar-refractivity contribution in [1.29, 1.82) is 0 Å². The molecule has 0 aromatic carbocycles. The van der Waals surface area contributed by atoms with Crippen LogP contribution in [0, 0.1) is 17.0 Å². The Morgan fingerprint density at radius 2 is 2.20 bits per heavy atom. The van der Waals surface area contributed by atoms with E-state index in [-0.39, 0.29) is 12.3 Å². The maximum Gasteiger partial charge on any atom is 0.333 e. The third-order valence-electron chi connectivity index (χ3n) is 2.92. The van der Waals surface area contributed by atoms with Gasteiger partial charge in [0.05, 0.1) is 18.1 Å².